The van der Waals surface area contributed by atoms with Crippen LogP contribution < -0.4 is 16.4 Å². The molecule has 4 N–H and O–H groups in total. The Kier molecular flexibility index (Phi) is 3.44. The Labute approximate surface area is 120 Å². The predicted octanol–water partition coefficient (Wildman–Crippen LogP) is -0.127. The van der Waals surface area contributed by atoms with Gasteiger partial charge in [-0.3, -0.25) is 25.0 Å². The highest BCUT2D eigenvalue weighted by molar-refractivity contribution is 6.00. The van der Waals surface area contributed by atoms with Crippen LogP contribution in [0.25, 0.3) is 0 Å². The molecule has 2 aliphatic rings. The van der Waals surface area contributed by atoms with Crippen molar-refractivity contribution in [3.05, 3.63) is 29.3 Å². The molecule has 3 unspecified atom stereocenters. The minimum Gasteiger partial charge on any atom is -0.398 e. The minimum atomic E-state index is -0.460. The number of nitrogens with one attached hydrogen (secondary N) is 2. The van der Waals surface area contributed by atoms with Gasteiger partial charge < -0.3 is 10.5 Å². The van der Waals surface area contributed by atoms with Crippen molar-refractivity contribution in [3.63, 3.8) is 0 Å². The Balaban J connectivity index is 1.67. The number of amides is 2. The molecule has 0 spiro atoms. The first-order valence-corrected chi connectivity index (χ1v) is 6.69. The Morgan fingerprint density at radius 3 is 2.90 bits per heavy atom. The van der Waals surface area contributed by atoms with Gasteiger partial charge in [-0.05, 0) is 18.1 Å². The molecule has 1 aromatic carbocycles. The van der Waals surface area contributed by atoms with Crippen molar-refractivity contribution in [3.8, 4) is 0 Å². The number of epoxide rings is 1. The fourth-order valence-corrected chi connectivity index (χ4v) is 2.51. The van der Waals surface area contributed by atoms with Gasteiger partial charge in [-0.2, -0.15) is 0 Å². The van der Waals surface area contributed by atoms with E-state index in [2.05, 4.69) is 10.6 Å². The first kappa shape index (κ1) is 13.7. The lowest BCUT2D eigenvalue weighted by Crippen LogP contribution is -2.51. The van der Waals surface area contributed by atoms with Gasteiger partial charge >= 0.3 is 0 Å². The maximum atomic E-state index is 11.7. The molecule has 2 heterocycles. The second kappa shape index (κ2) is 5.27. The van der Waals surface area contributed by atoms with Crippen molar-refractivity contribution in [2.24, 2.45) is 0 Å². The summed E-state index contributed by atoms with van der Waals surface area (Å²) in [6.07, 6.45) is 0.788. The van der Waals surface area contributed by atoms with Crippen LogP contribution in [0, 0.1) is 0 Å². The zero-order valence-corrected chi connectivity index (χ0v) is 11.2. The molecule has 1 aromatic rings. The number of carbonyl (C=O) groups is 3. The highest BCUT2D eigenvalue weighted by Crippen LogP contribution is 2.40. The summed E-state index contributed by atoms with van der Waals surface area (Å²) in [5.74, 6) is -0.603. The third kappa shape index (κ3) is 2.65. The van der Waals surface area contributed by atoms with Gasteiger partial charge in [0.2, 0.25) is 11.8 Å². The van der Waals surface area contributed by atoms with E-state index in [1.807, 2.05) is 0 Å². The van der Waals surface area contributed by atoms with Crippen molar-refractivity contribution in [2.75, 3.05) is 5.73 Å². The van der Waals surface area contributed by atoms with Crippen LogP contribution in [-0.4, -0.2) is 30.4 Å². The number of nitrogens with two attached hydrogens (primary N) is 1. The molecule has 2 saturated heterocycles. The molecule has 7 nitrogen and oxygen atoms in total. The fraction of sp³-hybridized carbons (Fsp3) is 0.357. The number of aldehydes is 1. The monoisotopic (exact) mass is 289 g/mol. The van der Waals surface area contributed by atoms with E-state index < -0.39 is 6.04 Å². The molecule has 110 valence electrons. The third-order valence-electron chi connectivity index (χ3n) is 3.69. The second-order valence-electron chi connectivity index (χ2n) is 5.12. The number of ether oxygens (including phenoxy) is 1. The zero-order valence-electron chi connectivity index (χ0n) is 11.2. The number of nitrogen functional groups attached to an aromatic ring is 1. The van der Waals surface area contributed by atoms with Gasteiger partial charge in [0.15, 0.2) is 6.29 Å². The van der Waals surface area contributed by atoms with E-state index in [9.17, 15) is 14.4 Å². The summed E-state index contributed by atoms with van der Waals surface area (Å²) in [6, 6.07) is 4.72. The first-order valence-electron chi connectivity index (χ1n) is 6.69. The number of piperidine rings is 1. The van der Waals surface area contributed by atoms with Gasteiger partial charge in [-0.15, -0.1) is 0 Å². The normalized spacial score (nSPS) is 28.1. The number of imide groups is 1. The van der Waals surface area contributed by atoms with Gasteiger partial charge in [-0.1, -0.05) is 12.1 Å². The Bertz CT molecular complexity index is 616. The van der Waals surface area contributed by atoms with Crippen LogP contribution in [0.1, 0.15) is 34.9 Å². The minimum absolute atomic E-state index is 0.259. The van der Waals surface area contributed by atoms with E-state index in [0.29, 0.717) is 35.9 Å². The van der Waals surface area contributed by atoms with E-state index in [1.54, 1.807) is 18.2 Å². The summed E-state index contributed by atoms with van der Waals surface area (Å²) in [6.45, 7) is 0. The molecule has 21 heavy (non-hydrogen) atoms. The van der Waals surface area contributed by atoms with Crippen molar-refractivity contribution in [1.29, 1.82) is 0 Å². The van der Waals surface area contributed by atoms with E-state index in [1.165, 1.54) is 0 Å². The van der Waals surface area contributed by atoms with Crippen LogP contribution in [0.2, 0.25) is 0 Å². The van der Waals surface area contributed by atoms with Crippen LogP contribution in [0.15, 0.2) is 18.2 Å². The van der Waals surface area contributed by atoms with Crippen molar-refractivity contribution >= 4 is 23.8 Å². The summed E-state index contributed by atoms with van der Waals surface area (Å²) >= 11 is 0. The van der Waals surface area contributed by atoms with Crippen molar-refractivity contribution in [2.45, 2.75) is 31.2 Å². The Morgan fingerprint density at radius 1 is 1.38 bits per heavy atom. The maximum Gasteiger partial charge on any atom is 0.243 e. The molecule has 3 rings (SSSR count). The highest BCUT2D eigenvalue weighted by Gasteiger charge is 2.44. The number of hydrogen-bond donors (Lipinski definition) is 3. The quantitative estimate of drug-likeness (QED) is 0.308. The zero-order chi connectivity index (χ0) is 15.0. The van der Waals surface area contributed by atoms with E-state index in [4.69, 9.17) is 10.5 Å². The van der Waals surface area contributed by atoms with Crippen molar-refractivity contribution < 1.29 is 19.1 Å². The largest absolute Gasteiger partial charge is 0.398 e. The molecule has 7 heteroatoms. The smallest absolute Gasteiger partial charge is 0.243 e. The summed E-state index contributed by atoms with van der Waals surface area (Å²) in [4.78, 5) is 33.9. The molecule has 0 bridgehead atoms. The average molecular weight is 289 g/mol. The Hall–Kier alpha value is -2.25. The number of rotatable bonds is 4. The van der Waals surface area contributed by atoms with Crippen LogP contribution >= 0.6 is 0 Å². The van der Waals surface area contributed by atoms with Gasteiger partial charge in [0.1, 0.15) is 12.3 Å². The first-order chi connectivity index (χ1) is 10.1. The molecule has 0 saturated carbocycles. The standard InChI is InChI=1S/C14H15N3O4/c15-9-3-1-2-7(8(9)6-18)12-14(21-12)16-10-4-5-11(19)17-13(10)20/h1-3,6,10,12,14,16H,4-5,15H2,(H,17,19,20). The summed E-state index contributed by atoms with van der Waals surface area (Å²) in [5, 5.41) is 5.32. The third-order valence-corrected chi connectivity index (χ3v) is 3.69. The Morgan fingerprint density at radius 2 is 2.19 bits per heavy atom. The van der Waals surface area contributed by atoms with Gasteiger partial charge in [-0.25, -0.2) is 0 Å². The van der Waals surface area contributed by atoms with Gasteiger partial charge in [0, 0.05) is 17.7 Å². The number of benzene rings is 1. The number of anilines is 1. The van der Waals surface area contributed by atoms with Crippen LogP contribution in [0.5, 0.6) is 0 Å². The topological polar surface area (TPSA) is 114 Å². The lowest BCUT2D eigenvalue weighted by Gasteiger charge is -2.21. The molecule has 2 aliphatic heterocycles. The maximum absolute atomic E-state index is 11.7. The van der Waals surface area contributed by atoms with Gasteiger partial charge in [0.05, 0.1) is 6.04 Å². The lowest BCUT2D eigenvalue weighted by atomic mass is 10.0. The molecule has 0 aliphatic carbocycles. The predicted molar refractivity (Wildman–Crippen MR) is 73.2 cm³/mol. The molecule has 2 amide bonds. The van der Waals surface area contributed by atoms with Crippen molar-refractivity contribution in [1.82, 2.24) is 10.6 Å². The molecular formula is C14H15N3O4. The summed E-state index contributed by atoms with van der Waals surface area (Å²) < 4.78 is 5.49. The number of hydrogen-bond acceptors (Lipinski definition) is 6. The van der Waals surface area contributed by atoms with E-state index >= 15 is 0 Å². The van der Waals surface area contributed by atoms with Crippen LogP contribution in [-0.2, 0) is 14.3 Å². The second-order valence-corrected chi connectivity index (χ2v) is 5.12. The van der Waals surface area contributed by atoms with Gasteiger partial charge in [0.25, 0.3) is 0 Å². The summed E-state index contributed by atoms with van der Waals surface area (Å²) in [7, 11) is 0. The molecule has 3 atom stereocenters. The average Bonchev–Trinajstić information content (AvgIpc) is 3.21. The summed E-state index contributed by atoms with van der Waals surface area (Å²) in [5.41, 5.74) is 7.27. The van der Waals surface area contributed by atoms with E-state index in [0.717, 1.165) is 0 Å². The SMILES string of the molecule is Nc1cccc(C2OC2NC2CCC(=O)NC2=O)c1C=O. The molecule has 0 aromatic heterocycles. The van der Waals surface area contributed by atoms with E-state index in [-0.39, 0.29) is 24.1 Å². The molecule has 2 fully saturated rings. The molecule has 0 radical (unpaired) electrons. The fourth-order valence-electron chi connectivity index (χ4n) is 2.51. The van der Waals surface area contributed by atoms with Crippen LogP contribution in [0.4, 0.5) is 5.69 Å². The lowest BCUT2D eigenvalue weighted by molar-refractivity contribution is -0.134. The highest BCUT2D eigenvalue weighted by atomic mass is 16.6. The molecular weight excluding hydrogens is 274 g/mol. The van der Waals surface area contributed by atoms with Crippen LogP contribution in [0.3, 0.4) is 0 Å². The number of carbonyl (C=O) groups excluding carboxylic acids is 3.